The molecule has 1 aromatic heterocycles. The van der Waals surface area contributed by atoms with E-state index in [1.54, 1.807) is 11.3 Å². The molecule has 1 heterocycles. The van der Waals surface area contributed by atoms with Gasteiger partial charge in [0.2, 0.25) is 0 Å². The summed E-state index contributed by atoms with van der Waals surface area (Å²) < 4.78 is 7.10. The highest BCUT2D eigenvalue weighted by molar-refractivity contribution is 9.11. The van der Waals surface area contributed by atoms with E-state index in [-0.39, 0.29) is 0 Å². The minimum atomic E-state index is 0.413. The molecule has 18 heavy (non-hydrogen) atoms. The smallest absolute Gasteiger partial charge is 0.0701 e. The van der Waals surface area contributed by atoms with Crippen molar-refractivity contribution in [3.05, 3.63) is 20.8 Å². The lowest BCUT2D eigenvalue weighted by molar-refractivity contribution is 0.0296. The summed E-state index contributed by atoms with van der Waals surface area (Å²) in [5.74, 6) is 0. The van der Waals surface area contributed by atoms with Gasteiger partial charge in [-0.15, -0.1) is 11.3 Å². The maximum atomic E-state index is 5.91. The summed E-state index contributed by atoms with van der Waals surface area (Å²) in [5, 5.41) is 3.52. The minimum Gasteiger partial charge on any atom is -0.377 e. The number of hydrogen-bond acceptors (Lipinski definition) is 3. The summed E-state index contributed by atoms with van der Waals surface area (Å²) in [5.41, 5.74) is 0. The number of ether oxygens (including phenoxy) is 1. The van der Waals surface area contributed by atoms with E-state index in [9.17, 15) is 0 Å². The molecule has 1 unspecified atom stereocenters. The molecule has 2 nitrogen and oxygen atoms in total. The van der Waals surface area contributed by atoms with Crippen LogP contribution in [0.3, 0.4) is 0 Å². The van der Waals surface area contributed by atoms with E-state index in [1.165, 1.54) is 40.8 Å². The molecule has 1 saturated carbocycles. The normalized spacial score (nSPS) is 19.0. The molecule has 0 amide bonds. The van der Waals surface area contributed by atoms with Crippen LogP contribution in [0.25, 0.3) is 0 Å². The Kier molecular flexibility index (Phi) is 6.15. The van der Waals surface area contributed by atoms with Gasteiger partial charge in [0.05, 0.1) is 16.5 Å². The Morgan fingerprint density at radius 2 is 2.17 bits per heavy atom. The molecule has 0 bridgehead atoms. The van der Waals surface area contributed by atoms with Crippen molar-refractivity contribution in [2.45, 2.75) is 51.2 Å². The summed E-state index contributed by atoms with van der Waals surface area (Å²) in [7, 11) is 0. The highest BCUT2D eigenvalue weighted by atomic mass is 79.9. The molecule has 1 atom stereocenters. The fraction of sp³-hybridized carbons (Fsp3) is 0.714. The third-order valence-electron chi connectivity index (χ3n) is 3.48. The molecule has 102 valence electrons. The lowest BCUT2D eigenvalue weighted by atomic mass is 9.98. The minimum absolute atomic E-state index is 0.413. The molecular weight excluding hydrogens is 310 g/mol. The quantitative estimate of drug-likeness (QED) is 0.774. The lowest BCUT2D eigenvalue weighted by Gasteiger charge is -2.22. The van der Waals surface area contributed by atoms with Crippen molar-refractivity contribution in [1.82, 2.24) is 5.32 Å². The summed E-state index contributed by atoms with van der Waals surface area (Å²) in [6.45, 7) is 3.98. The summed E-state index contributed by atoms with van der Waals surface area (Å²) in [6, 6.07) is 4.70. The molecule has 0 aromatic carbocycles. The molecule has 0 aliphatic heterocycles. The van der Waals surface area contributed by atoms with Crippen molar-refractivity contribution in [2.75, 3.05) is 13.2 Å². The van der Waals surface area contributed by atoms with Gasteiger partial charge in [-0.1, -0.05) is 19.3 Å². The highest BCUT2D eigenvalue weighted by Gasteiger charge is 2.13. The predicted molar refractivity (Wildman–Crippen MR) is 81.3 cm³/mol. The van der Waals surface area contributed by atoms with Gasteiger partial charge in [-0.25, -0.2) is 0 Å². The first kappa shape index (κ1) is 14.5. The molecule has 0 radical (unpaired) electrons. The number of nitrogens with one attached hydrogen (secondary N) is 1. The molecule has 4 heteroatoms. The largest absolute Gasteiger partial charge is 0.377 e. The highest BCUT2D eigenvalue weighted by Crippen LogP contribution is 2.26. The molecule has 0 saturated heterocycles. The van der Waals surface area contributed by atoms with Crippen LogP contribution in [-0.4, -0.2) is 19.3 Å². The van der Waals surface area contributed by atoms with E-state index < -0.39 is 0 Å². The van der Waals surface area contributed by atoms with E-state index in [0.717, 1.165) is 13.2 Å². The topological polar surface area (TPSA) is 21.3 Å². The Morgan fingerprint density at radius 3 is 2.83 bits per heavy atom. The Bertz CT molecular complexity index is 349. The molecule has 1 aromatic rings. The van der Waals surface area contributed by atoms with Gasteiger partial charge in [0.15, 0.2) is 0 Å². The predicted octanol–water partition coefficient (Wildman–Crippen LogP) is 4.51. The van der Waals surface area contributed by atoms with E-state index in [0.29, 0.717) is 12.1 Å². The van der Waals surface area contributed by atoms with Crippen molar-refractivity contribution >= 4 is 27.3 Å². The van der Waals surface area contributed by atoms with Crippen LogP contribution in [0.15, 0.2) is 15.9 Å². The van der Waals surface area contributed by atoms with Gasteiger partial charge in [-0.3, -0.25) is 0 Å². The Morgan fingerprint density at radius 1 is 1.39 bits per heavy atom. The lowest BCUT2D eigenvalue weighted by Crippen LogP contribution is -2.26. The Hall–Kier alpha value is 0.1000. The van der Waals surface area contributed by atoms with Gasteiger partial charge < -0.3 is 10.1 Å². The second-order valence-electron chi connectivity index (χ2n) is 4.95. The average Bonchev–Trinajstić information content (AvgIpc) is 2.82. The monoisotopic (exact) mass is 331 g/mol. The van der Waals surface area contributed by atoms with Crippen LogP contribution < -0.4 is 5.32 Å². The molecule has 1 aliphatic rings. The van der Waals surface area contributed by atoms with Crippen LogP contribution in [0.5, 0.6) is 0 Å². The van der Waals surface area contributed by atoms with Crippen molar-refractivity contribution in [3.63, 3.8) is 0 Å². The van der Waals surface area contributed by atoms with Gasteiger partial charge in [0.1, 0.15) is 0 Å². The molecular formula is C14H22BrNOS. The van der Waals surface area contributed by atoms with E-state index in [2.05, 4.69) is 40.3 Å². The van der Waals surface area contributed by atoms with E-state index in [4.69, 9.17) is 4.74 Å². The van der Waals surface area contributed by atoms with Gasteiger partial charge in [-0.05, 0) is 47.8 Å². The fourth-order valence-electron chi connectivity index (χ4n) is 2.39. The first-order valence-corrected chi connectivity index (χ1v) is 8.47. The molecule has 2 rings (SSSR count). The van der Waals surface area contributed by atoms with Gasteiger partial charge in [0, 0.05) is 17.5 Å². The average molecular weight is 332 g/mol. The molecule has 1 fully saturated rings. The first-order chi connectivity index (χ1) is 8.75. The Labute approximate surface area is 122 Å². The molecule has 0 spiro atoms. The second kappa shape index (κ2) is 7.63. The number of halogens is 1. The summed E-state index contributed by atoms with van der Waals surface area (Å²) in [4.78, 5) is 1.37. The second-order valence-corrected chi connectivity index (χ2v) is 7.44. The van der Waals surface area contributed by atoms with Crippen molar-refractivity contribution < 1.29 is 4.74 Å². The van der Waals surface area contributed by atoms with Crippen LogP contribution >= 0.6 is 27.3 Å². The zero-order valence-electron chi connectivity index (χ0n) is 11.0. The van der Waals surface area contributed by atoms with Gasteiger partial charge in [-0.2, -0.15) is 0 Å². The van der Waals surface area contributed by atoms with Crippen molar-refractivity contribution in [3.8, 4) is 0 Å². The standard InChI is InChI=1S/C14H22BrNOS/c1-11(13-7-8-14(15)18-13)16-9-10-17-12-5-3-2-4-6-12/h7-8,11-12,16H,2-6,9-10H2,1H3. The maximum absolute atomic E-state index is 5.91. The SMILES string of the molecule is CC(NCCOC1CCCCC1)c1ccc(Br)s1. The Balaban J connectivity index is 1.60. The molecule has 1 N–H and O–H groups in total. The molecule has 1 aliphatic carbocycles. The van der Waals surface area contributed by atoms with E-state index in [1.807, 2.05) is 0 Å². The fourth-order valence-corrected chi connectivity index (χ4v) is 3.84. The number of rotatable bonds is 6. The first-order valence-electron chi connectivity index (χ1n) is 6.86. The summed E-state index contributed by atoms with van der Waals surface area (Å²) >= 11 is 5.30. The zero-order valence-corrected chi connectivity index (χ0v) is 13.4. The third-order valence-corrected chi connectivity index (χ3v) is 5.29. The van der Waals surface area contributed by atoms with Crippen LogP contribution in [0, 0.1) is 0 Å². The van der Waals surface area contributed by atoms with Crippen LogP contribution in [0.2, 0.25) is 0 Å². The number of hydrogen-bond donors (Lipinski definition) is 1. The summed E-state index contributed by atoms with van der Waals surface area (Å²) in [6.07, 6.45) is 7.12. The van der Waals surface area contributed by atoms with Crippen LogP contribution in [-0.2, 0) is 4.74 Å². The van der Waals surface area contributed by atoms with Crippen molar-refractivity contribution in [1.29, 1.82) is 0 Å². The van der Waals surface area contributed by atoms with E-state index >= 15 is 0 Å². The van der Waals surface area contributed by atoms with Crippen LogP contribution in [0.4, 0.5) is 0 Å². The van der Waals surface area contributed by atoms with Gasteiger partial charge in [0.25, 0.3) is 0 Å². The van der Waals surface area contributed by atoms with Crippen LogP contribution in [0.1, 0.15) is 49.9 Å². The third kappa shape index (κ3) is 4.65. The number of thiophene rings is 1. The maximum Gasteiger partial charge on any atom is 0.0701 e. The zero-order chi connectivity index (χ0) is 12.8. The van der Waals surface area contributed by atoms with Gasteiger partial charge >= 0.3 is 0 Å². The van der Waals surface area contributed by atoms with Crippen molar-refractivity contribution in [2.24, 2.45) is 0 Å².